The molecule has 1 amide bonds. The Balaban J connectivity index is 1.82. The van der Waals surface area contributed by atoms with E-state index in [1.165, 1.54) is 10.4 Å². The van der Waals surface area contributed by atoms with E-state index in [0.717, 1.165) is 11.3 Å². The maximum absolute atomic E-state index is 13.2. The molecule has 1 saturated heterocycles. The monoisotopic (exact) mass is 388 g/mol. The van der Waals surface area contributed by atoms with Crippen LogP contribution in [0.3, 0.4) is 0 Å². The second-order valence-electron chi connectivity index (χ2n) is 6.77. The maximum Gasteiger partial charge on any atom is 0.243 e. The van der Waals surface area contributed by atoms with Gasteiger partial charge in [-0.25, -0.2) is 8.42 Å². The van der Waals surface area contributed by atoms with Crippen LogP contribution in [0.2, 0.25) is 0 Å². The summed E-state index contributed by atoms with van der Waals surface area (Å²) in [4.78, 5) is 11.8. The van der Waals surface area contributed by atoms with Gasteiger partial charge in [-0.15, -0.1) is 0 Å². The number of nitrogens with zero attached hydrogens (tertiary/aromatic N) is 3. The van der Waals surface area contributed by atoms with E-state index < -0.39 is 10.0 Å². The van der Waals surface area contributed by atoms with E-state index in [0.29, 0.717) is 19.4 Å². The number of hydrogen-bond donors (Lipinski definition) is 1. The predicted molar refractivity (Wildman–Crippen MR) is 103 cm³/mol. The van der Waals surface area contributed by atoms with Gasteiger partial charge in [0, 0.05) is 37.4 Å². The zero-order valence-electron chi connectivity index (χ0n) is 15.5. The van der Waals surface area contributed by atoms with Crippen molar-refractivity contribution in [2.75, 3.05) is 6.54 Å². The van der Waals surface area contributed by atoms with Crippen LogP contribution in [0, 0.1) is 0 Å². The molecule has 0 bridgehead atoms. The van der Waals surface area contributed by atoms with E-state index in [9.17, 15) is 13.2 Å². The van der Waals surface area contributed by atoms with Crippen molar-refractivity contribution >= 4 is 15.9 Å². The lowest BCUT2D eigenvalue weighted by Crippen LogP contribution is -2.50. The van der Waals surface area contributed by atoms with Gasteiger partial charge in [-0.1, -0.05) is 18.7 Å². The first-order valence-corrected chi connectivity index (χ1v) is 10.3. The van der Waals surface area contributed by atoms with Crippen molar-refractivity contribution in [1.29, 1.82) is 0 Å². The quantitative estimate of drug-likeness (QED) is 0.794. The van der Waals surface area contributed by atoms with Gasteiger partial charge in [-0.2, -0.15) is 9.40 Å². The molecule has 0 saturated carbocycles. The Hall–Kier alpha value is -2.45. The molecule has 2 aromatic rings. The van der Waals surface area contributed by atoms with Crippen LogP contribution in [0.25, 0.3) is 11.3 Å². The highest BCUT2D eigenvalue weighted by atomic mass is 32.2. The van der Waals surface area contributed by atoms with Crippen LogP contribution in [0.1, 0.15) is 19.8 Å². The van der Waals surface area contributed by atoms with E-state index in [-0.39, 0.29) is 22.9 Å². The van der Waals surface area contributed by atoms with E-state index >= 15 is 0 Å². The molecule has 0 spiro atoms. The first kappa shape index (κ1) is 19.3. The van der Waals surface area contributed by atoms with Gasteiger partial charge >= 0.3 is 0 Å². The van der Waals surface area contributed by atoms with Crippen LogP contribution < -0.4 is 5.32 Å². The van der Waals surface area contributed by atoms with Crippen LogP contribution in [0.15, 0.2) is 54.1 Å². The number of rotatable bonds is 5. The van der Waals surface area contributed by atoms with Crippen molar-refractivity contribution in [3.05, 3.63) is 49.2 Å². The molecule has 27 heavy (non-hydrogen) atoms. The largest absolute Gasteiger partial charge is 0.350 e. The average Bonchev–Trinajstić information content (AvgIpc) is 3.07. The van der Waals surface area contributed by atoms with Crippen LogP contribution in [-0.2, 0) is 21.9 Å². The first-order valence-electron chi connectivity index (χ1n) is 8.86. The first-order chi connectivity index (χ1) is 12.8. The summed E-state index contributed by atoms with van der Waals surface area (Å²) in [5, 5.41) is 7.00. The number of benzene rings is 1. The summed E-state index contributed by atoms with van der Waals surface area (Å²) < 4.78 is 29.6. The summed E-state index contributed by atoms with van der Waals surface area (Å²) in [6.45, 7) is 5.68. The van der Waals surface area contributed by atoms with E-state index in [1.807, 2.05) is 26.1 Å². The van der Waals surface area contributed by atoms with Gasteiger partial charge in [-0.3, -0.25) is 9.48 Å². The Kier molecular flexibility index (Phi) is 5.48. The molecule has 8 heteroatoms. The molecule has 1 N–H and O–H groups in total. The van der Waals surface area contributed by atoms with Gasteiger partial charge in [0.05, 0.1) is 10.6 Å². The lowest BCUT2D eigenvalue weighted by atomic mass is 10.0. The standard InChI is InChI=1S/C19H24N4O3S/c1-4-19(24)21-16-9-11-23(14(2)12-16)27(25,26)17-7-5-6-15(13-17)18-8-10-20-22(18)3/h4-8,10,13-14,16H,1,9,11-12H2,2-3H3,(H,21,24). The number of aromatic nitrogens is 2. The van der Waals surface area contributed by atoms with Crippen LogP contribution in [0.5, 0.6) is 0 Å². The van der Waals surface area contributed by atoms with E-state index in [4.69, 9.17) is 0 Å². The van der Waals surface area contributed by atoms with Crippen molar-refractivity contribution < 1.29 is 13.2 Å². The number of hydrogen-bond acceptors (Lipinski definition) is 4. The molecule has 1 aromatic heterocycles. The van der Waals surface area contributed by atoms with Crippen LogP contribution in [0.4, 0.5) is 0 Å². The molecular formula is C19H24N4O3S. The summed E-state index contributed by atoms with van der Waals surface area (Å²) in [5.41, 5.74) is 1.66. The van der Waals surface area contributed by atoms with Crippen LogP contribution in [-0.4, -0.2) is 47.0 Å². The second-order valence-corrected chi connectivity index (χ2v) is 8.66. The third-order valence-corrected chi connectivity index (χ3v) is 6.91. The second kappa shape index (κ2) is 7.66. The Morgan fingerprint density at radius 3 is 2.78 bits per heavy atom. The van der Waals surface area contributed by atoms with Gasteiger partial charge in [-0.05, 0) is 44.0 Å². The number of sulfonamides is 1. The van der Waals surface area contributed by atoms with Gasteiger partial charge in [0.25, 0.3) is 0 Å². The van der Waals surface area contributed by atoms with Crippen molar-refractivity contribution in [2.24, 2.45) is 7.05 Å². The van der Waals surface area contributed by atoms with Gasteiger partial charge in [0.1, 0.15) is 0 Å². The van der Waals surface area contributed by atoms with Crippen molar-refractivity contribution in [1.82, 2.24) is 19.4 Å². The summed E-state index contributed by atoms with van der Waals surface area (Å²) in [5.74, 6) is -0.229. The average molecular weight is 388 g/mol. The number of aryl methyl sites for hydroxylation is 1. The number of nitrogens with one attached hydrogen (secondary N) is 1. The SMILES string of the molecule is C=CC(=O)NC1CCN(S(=O)(=O)c2cccc(-c3ccnn3C)c2)C(C)C1. The van der Waals surface area contributed by atoms with E-state index in [1.54, 1.807) is 29.1 Å². The number of amides is 1. The zero-order valence-corrected chi connectivity index (χ0v) is 16.3. The smallest absolute Gasteiger partial charge is 0.243 e. The molecule has 0 aliphatic carbocycles. The molecule has 3 rings (SSSR count). The molecule has 7 nitrogen and oxygen atoms in total. The fourth-order valence-corrected chi connectivity index (χ4v) is 5.21. The highest BCUT2D eigenvalue weighted by molar-refractivity contribution is 7.89. The predicted octanol–water partition coefficient (Wildman–Crippen LogP) is 1.93. The fourth-order valence-electron chi connectivity index (χ4n) is 3.51. The Morgan fingerprint density at radius 1 is 1.37 bits per heavy atom. The Bertz CT molecular complexity index is 951. The minimum absolute atomic E-state index is 0.0438. The lowest BCUT2D eigenvalue weighted by Gasteiger charge is -2.36. The normalized spacial score (nSPS) is 21.0. The summed E-state index contributed by atoms with van der Waals surface area (Å²) in [6, 6.07) is 8.52. The summed E-state index contributed by atoms with van der Waals surface area (Å²) in [6.07, 6.45) is 4.06. The molecular weight excluding hydrogens is 364 g/mol. The zero-order chi connectivity index (χ0) is 19.6. The van der Waals surface area contributed by atoms with E-state index in [2.05, 4.69) is 17.0 Å². The summed E-state index contributed by atoms with van der Waals surface area (Å²) >= 11 is 0. The van der Waals surface area contributed by atoms with Crippen molar-refractivity contribution in [3.63, 3.8) is 0 Å². The minimum Gasteiger partial charge on any atom is -0.350 e. The molecule has 2 unspecified atom stereocenters. The van der Waals surface area contributed by atoms with Crippen LogP contribution >= 0.6 is 0 Å². The molecule has 2 heterocycles. The highest BCUT2D eigenvalue weighted by Crippen LogP contribution is 2.28. The molecule has 1 aromatic carbocycles. The van der Waals surface area contributed by atoms with Gasteiger partial charge < -0.3 is 5.32 Å². The lowest BCUT2D eigenvalue weighted by molar-refractivity contribution is -0.117. The highest BCUT2D eigenvalue weighted by Gasteiger charge is 2.35. The maximum atomic E-state index is 13.2. The third-order valence-electron chi connectivity index (χ3n) is 4.90. The minimum atomic E-state index is -3.62. The Morgan fingerprint density at radius 2 is 2.15 bits per heavy atom. The number of piperidine rings is 1. The molecule has 1 aliphatic rings. The number of carbonyl (C=O) groups excluding carboxylic acids is 1. The molecule has 2 atom stereocenters. The van der Waals surface area contributed by atoms with Crippen molar-refractivity contribution in [3.8, 4) is 11.3 Å². The molecule has 1 fully saturated rings. The van der Waals surface area contributed by atoms with Crippen molar-refractivity contribution in [2.45, 2.75) is 36.7 Å². The van der Waals surface area contributed by atoms with Gasteiger partial charge in [0.15, 0.2) is 0 Å². The Labute approximate surface area is 159 Å². The summed E-state index contributed by atoms with van der Waals surface area (Å²) in [7, 11) is -1.80. The number of carbonyl (C=O) groups is 1. The molecule has 1 aliphatic heterocycles. The fraction of sp³-hybridized carbons (Fsp3) is 0.368. The molecule has 0 radical (unpaired) electrons. The third kappa shape index (κ3) is 3.96. The van der Waals surface area contributed by atoms with Gasteiger partial charge in [0.2, 0.25) is 15.9 Å². The topological polar surface area (TPSA) is 84.3 Å². The molecule has 144 valence electrons.